The van der Waals surface area contributed by atoms with Crippen LogP contribution in [0.4, 0.5) is 0 Å². The van der Waals surface area contributed by atoms with Crippen LogP contribution in [0.15, 0.2) is 48.5 Å². The summed E-state index contributed by atoms with van der Waals surface area (Å²) in [5, 5.41) is 15.2. The standard InChI is InChI=1S/C22H28N6O3/c1-29-21-16-18(17-23-10-5-11-27-12-14-30-15-13-27)8-9-20(21)31-22-24-25-26-28(22)19-6-3-2-4-7-19/h2-4,6-9,16,23H,5,10-15,17H2,1H3. The molecule has 0 saturated carbocycles. The van der Waals surface area contributed by atoms with Gasteiger partial charge in [-0.3, -0.25) is 4.90 Å². The van der Waals surface area contributed by atoms with Crippen LogP contribution < -0.4 is 14.8 Å². The first-order chi connectivity index (χ1) is 15.3. The SMILES string of the molecule is COc1cc(CNCCCN2CCOCC2)ccc1Oc1nnnn1-c1ccccc1. The quantitative estimate of drug-likeness (QED) is 0.496. The van der Waals surface area contributed by atoms with Crippen LogP contribution in [0.5, 0.6) is 17.5 Å². The first kappa shape index (κ1) is 21.2. The molecular formula is C22H28N6O3. The van der Waals surface area contributed by atoms with Gasteiger partial charge < -0.3 is 19.5 Å². The van der Waals surface area contributed by atoms with E-state index >= 15 is 0 Å². The van der Waals surface area contributed by atoms with E-state index in [-0.39, 0.29) is 6.01 Å². The molecule has 31 heavy (non-hydrogen) atoms. The Morgan fingerprint density at radius 1 is 1.06 bits per heavy atom. The Bertz CT molecular complexity index is 943. The van der Waals surface area contributed by atoms with E-state index < -0.39 is 0 Å². The molecule has 1 aliphatic rings. The van der Waals surface area contributed by atoms with Crippen molar-refractivity contribution in [2.24, 2.45) is 0 Å². The number of benzene rings is 2. The summed E-state index contributed by atoms with van der Waals surface area (Å²) in [6.45, 7) is 6.59. The summed E-state index contributed by atoms with van der Waals surface area (Å²) in [5.74, 6) is 1.20. The van der Waals surface area contributed by atoms with Crippen molar-refractivity contribution in [1.29, 1.82) is 0 Å². The van der Waals surface area contributed by atoms with Crippen molar-refractivity contribution in [3.05, 3.63) is 54.1 Å². The fraction of sp³-hybridized carbons (Fsp3) is 0.409. The minimum Gasteiger partial charge on any atom is -0.493 e. The number of rotatable bonds is 10. The van der Waals surface area contributed by atoms with Crippen molar-refractivity contribution in [2.75, 3.05) is 46.5 Å². The maximum Gasteiger partial charge on any atom is 0.346 e. The molecule has 9 heteroatoms. The Balaban J connectivity index is 1.32. The molecular weight excluding hydrogens is 396 g/mol. The van der Waals surface area contributed by atoms with Gasteiger partial charge in [0.25, 0.3) is 0 Å². The fourth-order valence-electron chi connectivity index (χ4n) is 3.46. The molecule has 9 nitrogen and oxygen atoms in total. The van der Waals surface area contributed by atoms with E-state index in [1.807, 2.05) is 48.5 Å². The molecule has 1 fully saturated rings. The van der Waals surface area contributed by atoms with Gasteiger partial charge in [-0.25, -0.2) is 0 Å². The maximum atomic E-state index is 5.96. The molecule has 0 spiro atoms. The van der Waals surface area contributed by atoms with Gasteiger partial charge in [-0.1, -0.05) is 29.4 Å². The molecule has 3 aromatic rings. The Labute approximate surface area is 181 Å². The van der Waals surface area contributed by atoms with Crippen molar-refractivity contribution >= 4 is 0 Å². The normalized spacial score (nSPS) is 14.5. The molecule has 0 bridgehead atoms. The van der Waals surface area contributed by atoms with Gasteiger partial charge in [0.15, 0.2) is 11.5 Å². The van der Waals surface area contributed by atoms with E-state index in [1.165, 1.54) is 0 Å². The van der Waals surface area contributed by atoms with Crippen molar-refractivity contribution in [3.8, 4) is 23.2 Å². The van der Waals surface area contributed by atoms with E-state index in [2.05, 4.69) is 25.7 Å². The smallest absolute Gasteiger partial charge is 0.346 e. The van der Waals surface area contributed by atoms with Gasteiger partial charge in [0, 0.05) is 19.6 Å². The Morgan fingerprint density at radius 2 is 1.90 bits per heavy atom. The zero-order valence-electron chi connectivity index (χ0n) is 17.7. The monoisotopic (exact) mass is 424 g/mol. The highest BCUT2D eigenvalue weighted by atomic mass is 16.5. The van der Waals surface area contributed by atoms with Crippen LogP contribution in [0.25, 0.3) is 5.69 Å². The van der Waals surface area contributed by atoms with Crippen molar-refractivity contribution in [1.82, 2.24) is 30.4 Å². The molecule has 0 unspecified atom stereocenters. The molecule has 2 heterocycles. The summed E-state index contributed by atoms with van der Waals surface area (Å²) in [6.07, 6.45) is 1.11. The van der Waals surface area contributed by atoms with Gasteiger partial charge >= 0.3 is 6.01 Å². The highest BCUT2D eigenvalue weighted by Gasteiger charge is 2.14. The minimum absolute atomic E-state index is 0.276. The van der Waals surface area contributed by atoms with E-state index in [4.69, 9.17) is 14.2 Å². The molecule has 1 saturated heterocycles. The summed E-state index contributed by atoms with van der Waals surface area (Å²) < 4.78 is 18.4. The number of hydrogen-bond donors (Lipinski definition) is 1. The largest absolute Gasteiger partial charge is 0.493 e. The average Bonchev–Trinajstić information content (AvgIpc) is 3.29. The lowest BCUT2D eigenvalue weighted by Gasteiger charge is -2.26. The van der Waals surface area contributed by atoms with Crippen LogP contribution in [0.2, 0.25) is 0 Å². The molecule has 4 rings (SSSR count). The second-order valence-electron chi connectivity index (χ2n) is 7.28. The number of aromatic nitrogens is 4. The number of para-hydroxylation sites is 1. The second-order valence-corrected chi connectivity index (χ2v) is 7.28. The predicted molar refractivity (Wildman–Crippen MR) is 116 cm³/mol. The Morgan fingerprint density at radius 3 is 2.71 bits per heavy atom. The number of methoxy groups -OCH3 is 1. The van der Waals surface area contributed by atoms with E-state index in [9.17, 15) is 0 Å². The van der Waals surface area contributed by atoms with Crippen molar-refractivity contribution in [3.63, 3.8) is 0 Å². The molecule has 1 N–H and O–H groups in total. The molecule has 0 atom stereocenters. The van der Waals surface area contributed by atoms with Crippen molar-refractivity contribution in [2.45, 2.75) is 13.0 Å². The van der Waals surface area contributed by atoms with E-state index in [0.717, 1.165) is 63.6 Å². The lowest BCUT2D eigenvalue weighted by molar-refractivity contribution is 0.0374. The number of hydrogen-bond acceptors (Lipinski definition) is 8. The molecule has 0 amide bonds. The average molecular weight is 425 g/mol. The Hall–Kier alpha value is -3.01. The second kappa shape index (κ2) is 10.9. The van der Waals surface area contributed by atoms with Crippen LogP contribution in [-0.4, -0.2) is 71.6 Å². The third-order valence-electron chi connectivity index (χ3n) is 5.13. The maximum absolute atomic E-state index is 5.96. The molecule has 1 aliphatic heterocycles. The van der Waals surface area contributed by atoms with Crippen LogP contribution in [0, 0.1) is 0 Å². The minimum atomic E-state index is 0.276. The van der Waals surface area contributed by atoms with E-state index in [1.54, 1.807) is 11.8 Å². The molecule has 164 valence electrons. The number of morpholine rings is 1. The summed E-state index contributed by atoms with van der Waals surface area (Å²) in [5.41, 5.74) is 1.94. The summed E-state index contributed by atoms with van der Waals surface area (Å²) in [4.78, 5) is 2.45. The summed E-state index contributed by atoms with van der Waals surface area (Å²) in [7, 11) is 1.63. The van der Waals surface area contributed by atoms with Gasteiger partial charge in [0.05, 0.1) is 26.0 Å². The fourth-order valence-corrected chi connectivity index (χ4v) is 3.46. The van der Waals surface area contributed by atoms with Crippen LogP contribution in [0.3, 0.4) is 0 Å². The van der Waals surface area contributed by atoms with Crippen molar-refractivity contribution < 1.29 is 14.2 Å². The third-order valence-corrected chi connectivity index (χ3v) is 5.13. The summed E-state index contributed by atoms with van der Waals surface area (Å²) >= 11 is 0. The van der Waals surface area contributed by atoms with Gasteiger partial charge in [-0.2, -0.15) is 4.68 Å². The Kier molecular flexibility index (Phi) is 7.43. The van der Waals surface area contributed by atoms with Gasteiger partial charge in [0.1, 0.15) is 0 Å². The first-order valence-corrected chi connectivity index (χ1v) is 10.5. The zero-order chi connectivity index (χ0) is 21.3. The number of tetrazole rings is 1. The first-order valence-electron chi connectivity index (χ1n) is 10.5. The molecule has 1 aromatic heterocycles. The number of ether oxygens (including phenoxy) is 3. The van der Waals surface area contributed by atoms with Crippen LogP contribution in [-0.2, 0) is 11.3 Å². The lowest BCUT2D eigenvalue weighted by atomic mass is 10.2. The van der Waals surface area contributed by atoms with Gasteiger partial charge in [0.2, 0.25) is 0 Å². The van der Waals surface area contributed by atoms with E-state index in [0.29, 0.717) is 11.5 Å². The number of nitrogens with one attached hydrogen (secondary N) is 1. The zero-order valence-corrected chi connectivity index (χ0v) is 17.7. The molecule has 2 aromatic carbocycles. The van der Waals surface area contributed by atoms with Gasteiger partial charge in [-0.05, 0) is 59.8 Å². The topological polar surface area (TPSA) is 86.6 Å². The van der Waals surface area contributed by atoms with Gasteiger partial charge in [-0.15, -0.1) is 0 Å². The third kappa shape index (κ3) is 5.78. The number of nitrogens with zero attached hydrogens (tertiary/aromatic N) is 5. The highest BCUT2D eigenvalue weighted by molar-refractivity contribution is 5.44. The highest BCUT2D eigenvalue weighted by Crippen LogP contribution is 2.32. The molecule has 0 radical (unpaired) electrons. The molecule has 0 aliphatic carbocycles. The summed E-state index contributed by atoms with van der Waals surface area (Å²) in [6, 6.07) is 15.8. The predicted octanol–water partition coefficient (Wildman–Crippen LogP) is 2.28. The lowest BCUT2D eigenvalue weighted by Crippen LogP contribution is -2.37. The van der Waals surface area contributed by atoms with Crippen LogP contribution in [0.1, 0.15) is 12.0 Å². The van der Waals surface area contributed by atoms with Crippen LogP contribution >= 0.6 is 0 Å².